The number of alkyl halides is 6. The van der Waals surface area contributed by atoms with Crippen LogP contribution < -0.4 is 19.1 Å². The van der Waals surface area contributed by atoms with Gasteiger partial charge in [0.1, 0.15) is 22.3 Å². The lowest BCUT2D eigenvalue weighted by Gasteiger charge is -2.23. The molecule has 0 atom stereocenters. The number of fused-ring (bicyclic) bond motifs is 1. The third-order valence-electron chi connectivity index (χ3n) is 5.77. The van der Waals surface area contributed by atoms with Crippen LogP contribution in [0.1, 0.15) is 83.6 Å². The molecule has 0 saturated carbocycles. The van der Waals surface area contributed by atoms with Gasteiger partial charge in [-0.2, -0.15) is 48.4 Å². The van der Waals surface area contributed by atoms with Gasteiger partial charge in [-0.15, -0.1) is 0 Å². The number of hydrogen-bond acceptors (Lipinski definition) is 9. The highest BCUT2D eigenvalue weighted by atomic mass is 32.2. The van der Waals surface area contributed by atoms with Gasteiger partial charge in [0.15, 0.2) is 17.2 Å². The van der Waals surface area contributed by atoms with Crippen molar-refractivity contribution >= 4 is 20.2 Å². The number of unbranched alkanes of at least 4 members (excludes halogenated alkanes) is 6. The van der Waals surface area contributed by atoms with E-state index in [9.17, 15) is 48.4 Å². The molecule has 220 valence electrons. The summed E-state index contributed by atoms with van der Waals surface area (Å²) in [6.45, 7) is 3.89. The first kappa shape index (κ1) is 32.6. The first-order valence-corrected chi connectivity index (χ1v) is 14.8. The zero-order chi connectivity index (χ0) is 29.7. The molecule has 0 bridgehead atoms. The van der Waals surface area contributed by atoms with E-state index in [0.717, 1.165) is 25.7 Å². The normalized spacial score (nSPS) is 15.2. The summed E-state index contributed by atoms with van der Waals surface area (Å²) in [4.78, 5) is 8.56. The molecule has 0 saturated heterocycles. The van der Waals surface area contributed by atoms with Crippen LogP contribution in [0.3, 0.4) is 0 Å². The molecule has 0 N–H and O–H groups in total. The summed E-state index contributed by atoms with van der Waals surface area (Å²) in [7, 11) is -12.7. The molecule has 9 nitrogen and oxygen atoms in total. The number of halogens is 6. The standard InChI is InChI=1S/C22H27F6N3O6S2/c1-3-5-7-9-11-20(12-10-8-6-4-2)30-17-16(36-38(32,33)21(23,24)25)13-15(14-29)19(18(17)31-20)37-39(34,35)22(26,27)28/h13H,3-12H2,1-2H3. The minimum absolute atomic E-state index is 0.159. The highest BCUT2D eigenvalue weighted by molar-refractivity contribution is 7.88. The highest BCUT2D eigenvalue weighted by Gasteiger charge is 2.51. The van der Waals surface area contributed by atoms with E-state index in [-0.39, 0.29) is 12.8 Å². The Labute approximate surface area is 221 Å². The molecule has 17 heteroatoms. The molecule has 0 radical (unpaired) electrons. The Bertz CT molecular complexity index is 1410. The second-order valence-electron chi connectivity index (χ2n) is 8.85. The Morgan fingerprint density at radius 3 is 1.69 bits per heavy atom. The van der Waals surface area contributed by atoms with Crippen molar-refractivity contribution in [2.45, 2.75) is 94.7 Å². The van der Waals surface area contributed by atoms with Gasteiger partial charge in [-0.05, 0) is 25.7 Å². The first-order valence-electron chi connectivity index (χ1n) is 12.0. The van der Waals surface area contributed by atoms with Gasteiger partial charge in [-0.25, -0.2) is 9.98 Å². The molecule has 1 aromatic carbocycles. The summed E-state index contributed by atoms with van der Waals surface area (Å²) in [6.07, 6.45) is 6.00. The van der Waals surface area contributed by atoms with Gasteiger partial charge in [0, 0.05) is 6.07 Å². The van der Waals surface area contributed by atoms with E-state index >= 15 is 0 Å². The molecule has 0 unspecified atom stereocenters. The number of benzene rings is 1. The average Bonchev–Trinajstić information content (AvgIpc) is 3.20. The molecule has 0 spiro atoms. The molecule has 1 heterocycles. The van der Waals surface area contributed by atoms with Gasteiger partial charge in [0.25, 0.3) is 0 Å². The lowest BCUT2D eigenvalue weighted by molar-refractivity contribution is -0.0506. The molecule has 1 aliphatic heterocycles. The van der Waals surface area contributed by atoms with Crippen molar-refractivity contribution in [1.82, 2.24) is 0 Å². The number of rotatable bonds is 14. The molecule has 39 heavy (non-hydrogen) atoms. The van der Waals surface area contributed by atoms with Crippen LogP contribution in [0.2, 0.25) is 0 Å². The summed E-state index contributed by atoms with van der Waals surface area (Å²) >= 11 is 0. The number of nitriles is 1. The Morgan fingerprint density at radius 2 is 1.26 bits per heavy atom. The van der Waals surface area contributed by atoms with E-state index in [1.165, 1.54) is 6.07 Å². The average molecular weight is 608 g/mol. The van der Waals surface area contributed by atoms with E-state index in [1.807, 2.05) is 13.8 Å². The molecule has 2 rings (SSSR count). The van der Waals surface area contributed by atoms with E-state index in [0.29, 0.717) is 31.7 Å². The minimum Gasteiger partial charge on any atom is -0.374 e. The Hall–Kier alpha value is -2.61. The van der Waals surface area contributed by atoms with Crippen molar-refractivity contribution in [3.8, 4) is 17.6 Å². The largest absolute Gasteiger partial charge is 0.534 e. The van der Waals surface area contributed by atoms with Crippen LogP contribution in [0.4, 0.5) is 26.3 Å². The molecule has 1 aromatic rings. The van der Waals surface area contributed by atoms with Crippen LogP contribution in [0.25, 0.3) is 0 Å². The Balaban J connectivity index is 2.83. The molecule has 0 amide bonds. The molecule has 0 fully saturated rings. The van der Waals surface area contributed by atoms with Crippen molar-refractivity contribution in [3.63, 3.8) is 0 Å². The molecule has 1 aliphatic rings. The summed E-state index contributed by atoms with van der Waals surface area (Å²) in [6, 6.07) is 1.62. The van der Waals surface area contributed by atoms with Gasteiger partial charge in [-0.1, -0.05) is 52.4 Å². The van der Waals surface area contributed by atoms with Crippen LogP contribution in [0.15, 0.2) is 16.1 Å². The summed E-state index contributed by atoms with van der Waals surface area (Å²) in [5.41, 5.74) is -14.4. The van der Waals surface area contributed by atoms with Gasteiger partial charge in [-0.3, -0.25) is 0 Å². The maximum atomic E-state index is 13.1. The molecule has 0 aromatic heterocycles. The quantitative estimate of drug-likeness (QED) is 0.127. The third kappa shape index (κ3) is 7.74. The van der Waals surface area contributed by atoms with Crippen molar-refractivity contribution < 1.29 is 51.5 Å². The topological polar surface area (TPSA) is 135 Å². The zero-order valence-corrected chi connectivity index (χ0v) is 22.7. The number of hydrogen-bond donors (Lipinski definition) is 0. The minimum atomic E-state index is -6.35. The second-order valence-corrected chi connectivity index (χ2v) is 11.9. The van der Waals surface area contributed by atoms with Gasteiger partial charge < -0.3 is 8.37 Å². The monoisotopic (exact) mass is 607 g/mol. The summed E-state index contributed by atoms with van der Waals surface area (Å²) in [5.74, 6) is -2.39. The van der Waals surface area contributed by atoms with Crippen molar-refractivity contribution in [2.24, 2.45) is 9.98 Å². The Kier molecular flexibility index (Phi) is 10.3. The van der Waals surface area contributed by atoms with Crippen LogP contribution in [0, 0.1) is 11.3 Å². The smallest absolute Gasteiger partial charge is 0.374 e. The lowest BCUT2D eigenvalue weighted by Crippen LogP contribution is -2.36. The van der Waals surface area contributed by atoms with Crippen molar-refractivity contribution in [1.29, 1.82) is 5.26 Å². The van der Waals surface area contributed by atoms with E-state index in [1.54, 1.807) is 0 Å². The van der Waals surface area contributed by atoms with Crippen LogP contribution in [-0.4, -0.2) is 33.5 Å². The highest BCUT2D eigenvalue weighted by Crippen LogP contribution is 2.34. The van der Waals surface area contributed by atoms with E-state index in [4.69, 9.17) is 0 Å². The fourth-order valence-electron chi connectivity index (χ4n) is 3.84. The van der Waals surface area contributed by atoms with E-state index in [2.05, 4.69) is 18.4 Å². The SMILES string of the molecule is CCCCCCC1(CCCCCC)N=c2c(OS(=O)(=O)C(F)(F)F)cc(C#N)c(OS(=O)(=O)C(F)(F)F)c2=N1. The van der Waals surface area contributed by atoms with Gasteiger partial charge in [0.2, 0.25) is 0 Å². The maximum absolute atomic E-state index is 13.1. The third-order valence-corrected chi connectivity index (χ3v) is 7.69. The van der Waals surface area contributed by atoms with E-state index < -0.39 is 64.7 Å². The van der Waals surface area contributed by atoms with Crippen molar-refractivity contribution in [3.05, 3.63) is 22.3 Å². The summed E-state index contributed by atoms with van der Waals surface area (Å²) in [5, 5.41) is 7.87. The van der Waals surface area contributed by atoms with Gasteiger partial charge in [0.05, 0.1) is 0 Å². The van der Waals surface area contributed by atoms with Crippen LogP contribution in [0.5, 0.6) is 11.5 Å². The predicted molar refractivity (Wildman–Crippen MR) is 125 cm³/mol. The fraction of sp³-hybridized carbons (Fsp3) is 0.682. The van der Waals surface area contributed by atoms with Crippen molar-refractivity contribution in [2.75, 3.05) is 0 Å². The second kappa shape index (κ2) is 12.3. The zero-order valence-electron chi connectivity index (χ0n) is 21.0. The van der Waals surface area contributed by atoms with Crippen LogP contribution in [-0.2, 0) is 20.2 Å². The number of nitrogens with zero attached hydrogens (tertiary/aromatic N) is 3. The summed E-state index contributed by atoms with van der Waals surface area (Å²) < 4.78 is 134. The maximum Gasteiger partial charge on any atom is 0.534 e. The Morgan fingerprint density at radius 1 is 0.795 bits per heavy atom. The van der Waals surface area contributed by atoms with Crippen LogP contribution >= 0.6 is 0 Å². The predicted octanol–water partition coefficient (Wildman–Crippen LogP) is 4.90. The fourth-order valence-corrected chi connectivity index (χ4v) is 4.78. The molecular formula is C22H27F6N3O6S2. The first-order chi connectivity index (χ1) is 17.9. The molecule has 0 aliphatic carbocycles. The lowest BCUT2D eigenvalue weighted by atomic mass is 9.95. The molecular weight excluding hydrogens is 580 g/mol. The van der Waals surface area contributed by atoms with Gasteiger partial charge >= 0.3 is 31.3 Å².